The first-order valence-corrected chi connectivity index (χ1v) is 13.1. The maximum Gasteiger partial charge on any atom is 0.431 e. The average Bonchev–Trinajstić information content (AvgIpc) is 2.82. The lowest BCUT2D eigenvalue weighted by Crippen LogP contribution is -2.44. The zero-order valence-corrected chi connectivity index (χ0v) is 23.1. The summed E-state index contributed by atoms with van der Waals surface area (Å²) in [6, 6.07) is 10.8. The minimum absolute atomic E-state index is 0.138. The van der Waals surface area contributed by atoms with E-state index in [1.165, 1.54) is 12.1 Å². The van der Waals surface area contributed by atoms with Crippen LogP contribution in [0.5, 0.6) is 5.75 Å². The Kier molecular flexibility index (Phi) is 8.79. The van der Waals surface area contributed by atoms with Crippen molar-refractivity contribution in [2.75, 3.05) is 0 Å². The van der Waals surface area contributed by atoms with Crippen molar-refractivity contribution >= 4 is 12.0 Å². The van der Waals surface area contributed by atoms with Crippen molar-refractivity contribution in [3.8, 4) is 5.75 Å². The summed E-state index contributed by atoms with van der Waals surface area (Å²) >= 11 is 0. The van der Waals surface area contributed by atoms with E-state index in [2.05, 4.69) is 31.1 Å². The lowest BCUT2D eigenvalue weighted by atomic mass is 9.79. The number of hydrogen-bond donors (Lipinski definition) is 2. The first-order chi connectivity index (χ1) is 17.6. The number of ketones is 1. The zero-order valence-electron chi connectivity index (χ0n) is 23.1. The first-order valence-electron chi connectivity index (χ1n) is 13.1. The Morgan fingerprint density at radius 1 is 0.974 bits per heavy atom. The van der Waals surface area contributed by atoms with E-state index in [0.29, 0.717) is 24.5 Å². The Bertz CT molecular complexity index is 1190. The molecule has 1 aliphatic carbocycles. The molecular formula is C31H39F3N2O2. The maximum atomic E-state index is 13.9. The number of aromatic hydroxyl groups is 1. The predicted octanol–water partition coefficient (Wildman–Crippen LogP) is 7.64. The Hall–Kier alpha value is -3.09. The van der Waals surface area contributed by atoms with Crippen molar-refractivity contribution in [2.24, 2.45) is 4.99 Å². The normalized spacial score (nSPS) is 19.6. The summed E-state index contributed by atoms with van der Waals surface area (Å²) in [4.78, 5) is 17.2. The third kappa shape index (κ3) is 7.49. The third-order valence-electron chi connectivity index (χ3n) is 6.93. The van der Waals surface area contributed by atoms with Gasteiger partial charge in [0.1, 0.15) is 11.4 Å². The Balaban J connectivity index is 1.93. The zero-order chi connectivity index (χ0) is 28.3. The van der Waals surface area contributed by atoms with Crippen molar-refractivity contribution in [3.63, 3.8) is 0 Å². The van der Waals surface area contributed by atoms with Crippen molar-refractivity contribution in [1.29, 1.82) is 0 Å². The molecule has 1 aliphatic rings. The van der Waals surface area contributed by atoms with Gasteiger partial charge in [-0.05, 0) is 35.3 Å². The Morgan fingerprint density at radius 3 is 2.18 bits per heavy atom. The number of nitrogens with one attached hydrogen (secondary N) is 1. The van der Waals surface area contributed by atoms with Crippen LogP contribution in [0.25, 0.3) is 0 Å². The molecular weight excluding hydrogens is 489 g/mol. The van der Waals surface area contributed by atoms with Gasteiger partial charge in [-0.2, -0.15) is 13.2 Å². The standard InChI is InChI=1S/C31H39F3N2O2/c1-29(2,3)22-16-21(28(38)23(17-22)30(4,5)6)19-35-24-14-10-11-15-25(24)36-27(31(32,33)34)18-26(37)20-12-8-7-9-13-20/h7-9,12-13,16-19,24-25,36,38H,10-11,14-15H2,1-6H3/b27-18+,35-19?/t24-,25-/m1/s1. The van der Waals surface area contributed by atoms with Gasteiger partial charge in [-0.3, -0.25) is 9.79 Å². The number of phenolic OH excluding ortho intramolecular Hbond substituents is 1. The summed E-state index contributed by atoms with van der Waals surface area (Å²) in [5, 5.41) is 13.7. The van der Waals surface area contributed by atoms with Crippen LogP contribution in [0.15, 0.2) is 59.2 Å². The van der Waals surface area contributed by atoms with Gasteiger partial charge in [0.15, 0.2) is 5.78 Å². The minimum atomic E-state index is -4.71. The van der Waals surface area contributed by atoms with Gasteiger partial charge >= 0.3 is 6.18 Å². The van der Waals surface area contributed by atoms with Crippen LogP contribution in [0, 0.1) is 0 Å². The van der Waals surface area contributed by atoms with Crippen LogP contribution in [0.1, 0.15) is 94.3 Å². The van der Waals surface area contributed by atoms with Crippen molar-refractivity contribution < 1.29 is 23.1 Å². The molecule has 2 N–H and O–H groups in total. The Morgan fingerprint density at radius 2 is 1.61 bits per heavy atom. The highest BCUT2D eigenvalue weighted by atomic mass is 19.4. The summed E-state index contributed by atoms with van der Waals surface area (Å²) in [6.07, 6.45) is 0.233. The molecule has 2 aromatic rings. The summed E-state index contributed by atoms with van der Waals surface area (Å²) in [5.74, 6) is -0.571. The van der Waals surface area contributed by atoms with Gasteiger partial charge in [0.2, 0.25) is 0 Å². The number of rotatable bonds is 6. The molecule has 7 heteroatoms. The molecule has 3 rings (SSSR count). The van der Waals surface area contributed by atoms with Crippen LogP contribution in [0.3, 0.4) is 0 Å². The van der Waals surface area contributed by atoms with Crippen LogP contribution in [-0.2, 0) is 10.8 Å². The van der Waals surface area contributed by atoms with E-state index in [9.17, 15) is 23.1 Å². The van der Waals surface area contributed by atoms with E-state index in [1.807, 2.05) is 32.9 Å². The molecule has 0 heterocycles. The predicted molar refractivity (Wildman–Crippen MR) is 147 cm³/mol. The molecule has 2 aromatic carbocycles. The van der Waals surface area contributed by atoms with E-state index in [-0.39, 0.29) is 22.1 Å². The fraction of sp³-hybridized carbons (Fsp3) is 0.484. The van der Waals surface area contributed by atoms with Gasteiger partial charge in [-0.15, -0.1) is 0 Å². The van der Waals surface area contributed by atoms with E-state index in [0.717, 1.165) is 24.0 Å². The van der Waals surface area contributed by atoms with Crippen LogP contribution in [0.4, 0.5) is 13.2 Å². The molecule has 0 aromatic heterocycles. The maximum absolute atomic E-state index is 13.9. The molecule has 1 saturated carbocycles. The summed E-state index contributed by atoms with van der Waals surface area (Å²) in [6.45, 7) is 12.4. The molecule has 0 unspecified atom stereocenters. The fourth-order valence-corrected chi connectivity index (χ4v) is 4.62. The lowest BCUT2D eigenvalue weighted by molar-refractivity contribution is -0.0983. The van der Waals surface area contributed by atoms with Crippen molar-refractivity contribution in [2.45, 2.75) is 96.3 Å². The number of alkyl halides is 3. The highest BCUT2D eigenvalue weighted by molar-refractivity contribution is 6.04. The van der Waals surface area contributed by atoms with Crippen LogP contribution in [-0.4, -0.2) is 35.4 Å². The molecule has 0 radical (unpaired) electrons. The first kappa shape index (κ1) is 29.5. The number of halogens is 3. The lowest BCUT2D eigenvalue weighted by Gasteiger charge is -2.32. The van der Waals surface area contributed by atoms with Crippen LogP contribution >= 0.6 is 0 Å². The van der Waals surface area contributed by atoms with E-state index in [1.54, 1.807) is 24.4 Å². The topological polar surface area (TPSA) is 61.7 Å². The number of carbonyl (C=O) groups is 1. The summed E-state index contributed by atoms with van der Waals surface area (Å²) in [7, 11) is 0. The highest BCUT2D eigenvalue weighted by Gasteiger charge is 2.38. The van der Waals surface area contributed by atoms with Crippen LogP contribution < -0.4 is 5.32 Å². The molecule has 0 bridgehead atoms. The number of nitrogens with zero attached hydrogens (tertiary/aromatic N) is 1. The monoisotopic (exact) mass is 528 g/mol. The van der Waals surface area contributed by atoms with Crippen molar-refractivity contribution in [3.05, 3.63) is 76.5 Å². The number of phenols is 1. The molecule has 38 heavy (non-hydrogen) atoms. The highest BCUT2D eigenvalue weighted by Crippen LogP contribution is 2.37. The van der Waals surface area contributed by atoms with Crippen molar-refractivity contribution in [1.82, 2.24) is 5.32 Å². The van der Waals surface area contributed by atoms with E-state index >= 15 is 0 Å². The number of hydrogen-bond acceptors (Lipinski definition) is 4. The van der Waals surface area contributed by atoms with Gasteiger partial charge in [0.25, 0.3) is 0 Å². The smallest absolute Gasteiger partial charge is 0.431 e. The number of benzene rings is 2. The van der Waals surface area contributed by atoms with Gasteiger partial charge in [0.05, 0.1) is 6.04 Å². The summed E-state index contributed by atoms with van der Waals surface area (Å²) in [5.41, 5.74) is 1.05. The second-order valence-corrected chi connectivity index (χ2v) is 12.1. The minimum Gasteiger partial charge on any atom is -0.507 e. The molecule has 0 aliphatic heterocycles. The second kappa shape index (κ2) is 11.3. The molecule has 206 valence electrons. The molecule has 4 nitrogen and oxygen atoms in total. The molecule has 1 fully saturated rings. The van der Waals surface area contributed by atoms with Crippen LogP contribution in [0.2, 0.25) is 0 Å². The molecule has 0 spiro atoms. The van der Waals surface area contributed by atoms with Gasteiger partial charge in [-0.1, -0.05) is 90.8 Å². The fourth-order valence-electron chi connectivity index (χ4n) is 4.62. The quantitative estimate of drug-likeness (QED) is 0.230. The second-order valence-electron chi connectivity index (χ2n) is 12.1. The molecule has 0 saturated heterocycles. The van der Waals surface area contributed by atoms with Gasteiger partial charge < -0.3 is 10.4 Å². The largest absolute Gasteiger partial charge is 0.507 e. The number of carbonyl (C=O) groups excluding carboxylic acids is 1. The van der Waals surface area contributed by atoms with E-state index < -0.39 is 29.7 Å². The van der Waals surface area contributed by atoms with Gasteiger partial charge in [-0.25, -0.2) is 0 Å². The molecule has 2 atom stereocenters. The Labute approximate surface area is 224 Å². The SMILES string of the molecule is CC(C)(C)c1cc(C=N[C@@H]2CCCC[C@H]2N/C(=C/C(=O)c2ccccc2)C(F)(F)F)c(O)c(C(C)(C)C)c1. The number of allylic oxidation sites excluding steroid dienone is 2. The average molecular weight is 529 g/mol. The molecule has 0 amide bonds. The third-order valence-corrected chi connectivity index (χ3v) is 6.93. The summed E-state index contributed by atoms with van der Waals surface area (Å²) < 4.78 is 41.8. The number of aliphatic imine (C=N–C) groups is 1. The van der Waals surface area contributed by atoms with Gasteiger partial charge in [0, 0.05) is 35.0 Å². The van der Waals surface area contributed by atoms with E-state index in [4.69, 9.17) is 0 Å².